The van der Waals surface area contributed by atoms with Crippen molar-refractivity contribution in [3.8, 4) is 0 Å². The standard InChI is InChI=1S/C22H19F4N3O/c23-15-7-8-19-16(11-15)20(17(13-27-19)21(30)29-9-3-4-10-29)28-12-14-5-1-2-6-18(14)22(24,25)26/h1-2,5-8,11,13H,3-4,9-10,12H2,(H,27,28). The van der Waals surface area contributed by atoms with Crippen LogP contribution in [0.15, 0.2) is 48.7 Å². The zero-order valence-electron chi connectivity index (χ0n) is 16.0. The number of alkyl halides is 3. The number of likely N-dealkylation sites (tertiary alicyclic amines) is 1. The minimum atomic E-state index is -4.50. The first-order valence-corrected chi connectivity index (χ1v) is 9.61. The summed E-state index contributed by atoms with van der Waals surface area (Å²) in [6.45, 7) is 1.04. The molecule has 1 N–H and O–H groups in total. The zero-order chi connectivity index (χ0) is 21.3. The number of hydrogen-bond donors (Lipinski definition) is 1. The Hall–Kier alpha value is -3.16. The average Bonchev–Trinajstić information content (AvgIpc) is 3.26. The van der Waals surface area contributed by atoms with Gasteiger partial charge in [0.25, 0.3) is 5.91 Å². The lowest BCUT2D eigenvalue weighted by Gasteiger charge is -2.20. The van der Waals surface area contributed by atoms with Crippen LogP contribution in [-0.4, -0.2) is 28.9 Å². The number of benzene rings is 2. The molecule has 0 spiro atoms. The molecule has 1 fully saturated rings. The molecular weight excluding hydrogens is 398 g/mol. The van der Waals surface area contributed by atoms with E-state index in [2.05, 4.69) is 10.3 Å². The van der Waals surface area contributed by atoms with Gasteiger partial charge in [-0.25, -0.2) is 4.39 Å². The van der Waals surface area contributed by atoms with Crippen LogP contribution in [0, 0.1) is 5.82 Å². The summed E-state index contributed by atoms with van der Waals surface area (Å²) >= 11 is 0. The number of fused-ring (bicyclic) bond motifs is 1. The van der Waals surface area contributed by atoms with Gasteiger partial charge >= 0.3 is 6.18 Å². The first-order chi connectivity index (χ1) is 14.3. The highest BCUT2D eigenvalue weighted by Crippen LogP contribution is 2.33. The minimum absolute atomic E-state index is 0.0333. The molecule has 0 atom stereocenters. The van der Waals surface area contributed by atoms with Crippen molar-refractivity contribution in [1.82, 2.24) is 9.88 Å². The Bertz CT molecular complexity index is 1090. The van der Waals surface area contributed by atoms with Crippen LogP contribution in [0.25, 0.3) is 10.9 Å². The Labute approximate surface area is 170 Å². The largest absolute Gasteiger partial charge is 0.416 e. The molecule has 1 amide bonds. The Kier molecular flexibility index (Phi) is 5.32. The number of hydrogen-bond acceptors (Lipinski definition) is 3. The van der Waals surface area contributed by atoms with Crippen molar-refractivity contribution in [2.75, 3.05) is 18.4 Å². The van der Waals surface area contributed by atoms with Crippen molar-refractivity contribution in [2.24, 2.45) is 0 Å². The van der Waals surface area contributed by atoms with Gasteiger partial charge in [-0.2, -0.15) is 13.2 Å². The summed E-state index contributed by atoms with van der Waals surface area (Å²) in [6.07, 6.45) is -1.32. The summed E-state index contributed by atoms with van der Waals surface area (Å²) in [7, 11) is 0. The fraction of sp³-hybridized carbons (Fsp3) is 0.273. The van der Waals surface area contributed by atoms with Gasteiger partial charge < -0.3 is 10.2 Å². The minimum Gasteiger partial charge on any atom is -0.380 e. The zero-order valence-corrected chi connectivity index (χ0v) is 16.0. The Morgan fingerprint density at radius 2 is 1.83 bits per heavy atom. The maximum Gasteiger partial charge on any atom is 0.416 e. The van der Waals surface area contributed by atoms with Gasteiger partial charge in [0, 0.05) is 31.2 Å². The molecule has 4 nitrogen and oxygen atoms in total. The first-order valence-electron chi connectivity index (χ1n) is 9.61. The number of rotatable bonds is 4. The molecule has 30 heavy (non-hydrogen) atoms. The fourth-order valence-electron chi connectivity index (χ4n) is 3.74. The van der Waals surface area contributed by atoms with Gasteiger partial charge in [-0.05, 0) is 42.7 Å². The van der Waals surface area contributed by atoms with Crippen LogP contribution < -0.4 is 5.32 Å². The summed E-state index contributed by atoms with van der Waals surface area (Å²) in [6, 6.07) is 9.20. The summed E-state index contributed by atoms with van der Waals surface area (Å²) in [5.41, 5.74) is 0.231. The molecule has 4 rings (SSSR count). The van der Waals surface area contributed by atoms with Crippen LogP contribution in [0.2, 0.25) is 0 Å². The molecule has 0 radical (unpaired) electrons. The number of amides is 1. The molecular formula is C22H19F4N3O. The predicted octanol–water partition coefficient (Wildman–Crippen LogP) is 5.24. The van der Waals surface area contributed by atoms with E-state index in [-0.39, 0.29) is 29.3 Å². The molecule has 2 heterocycles. The van der Waals surface area contributed by atoms with Gasteiger partial charge in [0.15, 0.2) is 0 Å². The normalized spacial score (nSPS) is 14.3. The number of carbonyl (C=O) groups excluding carboxylic acids is 1. The lowest BCUT2D eigenvalue weighted by atomic mass is 10.0. The highest BCUT2D eigenvalue weighted by atomic mass is 19.4. The summed E-state index contributed by atoms with van der Waals surface area (Å²) in [5, 5.41) is 3.31. The number of anilines is 1. The maximum atomic E-state index is 13.9. The molecule has 2 aromatic carbocycles. The molecule has 0 aliphatic carbocycles. The molecule has 1 saturated heterocycles. The van der Waals surface area contributed by atoms with Gasteiger partial charge in [0.1, 0.15) is 5.82 Å². The summed E-state index contributed by atoms with van der Waals surface area (Å²) in [4.78, 5) is 18.9. The van der Waals surface area contributed by atoms with E-state index in [1.165, 1.54) is 42.6 Å². The van der Waals surface area contributed by atoms with E-state index in [0.717, 1.165) is 18.9 Å². The Morgan fingerprint density at radius 1 is 1.10 bits per heavy atom. The van der Waals surface area contributed by atoms with Gasteiger partial charge in [0.05, 0.1) is 22.3 Å². The lowest BCUT2D eigenvalue weighted by molar-refractivity contribution is -0.138. The molecule has 8 heteroatoms. The second-order valence-electron chi connectivity index (χ2n) is 7.22. The highest BCUT2D eigenvalue weighted by Gasteiger charge is 2.33. The van der Waals surface area contributed by atoms with Crippen molar-refractivity contribution in [3.05, 3.63) is 71.2 Å². The fourth-order valence-corrected chi connectivity index (χ4v) is 3.74. The van der Waals surface area contributed by atoms with Crippen LogP contribution in [-0.2, 0) is 12.7 Å². The quantitative estimate of drug-likeness (QED) is 0.591. The number of carbonyl (C=O) groups is 1. The average molecular weight is 417 g/mol. The molecule has 0 bridgehead atoms. The van der Waals surface area contributed by atoms with Crippen molar-refractivity contribution < 1.29 is 22.4 Å². The number of nitrogens with zero attached hydrogens (tertiary/aromatic N) is 2. The maximum absolute atomic E-state index is 13.9. The van der Waals surface area contributed by atoms with Crippen LogP contribution in [0.3, 0.4) is 0 Å². The number of halogens is 4. The molecule has 156 valence electrons. The van der Waals surface area contributed by atoms with Crippen molar-refractivity contribution in [3.63, 3.8) is 0 Å². The third-order valence-electron chi connectivity index (χ3n) is 5.23. The molecule has 0 saturated carbocycles. The number of pyridine rings is 1. The third kappa shape index (κ3) is 3.94. The smallest absolute Gasteiger partial charge is 0.380 e. The van der Waals surface area contributed by atoms with Crippen LogP contribution in [0.4, 0.5) is 23.2 Å². The van der Waals surface area contributed by atoms with Gasteiger partial charge in [0.2, 0.25) is 0 Å². The van der Waals surface area contributed by atoms with Gasteiger partial charge in [-0.3, -0.25) is 9.78 Å². The van der Waals surface area contributed by atoms with E-state index in [1.807, 2.05) is 0 Å². The van der Waals surface area contributed by atoms with E-state index in [9.17, 15) is 22.4 Å². The van der Waals surface area contributed by atoms with E-state index in [4.69, 9.17) is 0 Å². The second-order valence-corrected chi connectivity index (χ2v) is 7.22. The van der Waals surface area contributed by atoms with Crippen molar-refractivity contribution in [2.45, 2.75) is 25.6 Å². The van der Waals surface area contributed by atoms with E-state index in [1.54, 1.807) is 4.90 Å². The molecule has 1 aromatic heterocycles. The van der Waals surface area contributed by atoms with E-state index < -0.39 is 17.6 Å². The third-order valence-corrected chi connectivity index (χ3v) is 5.23. The van der Waals surface area contributed by atoms with Crippen molar-refractivity contribution in [1.29, 1.82) is 0 Å². The topological polar surface area (TPSA) is 45.2 Å². The van der Waals surface area contributed by atoms with E-state index in [0.29, 0.717) is 24.0 Å². The molecule has 0 unspecified atom stereocenters. The van der Waals surface area contributed by atoms with Crippen LogP contribution >= 0.6 is 0 Å². The molecule has 3 aromatic rings. The second kappa shape index (κ2) is 7.93. The Morgan fingerprint density at radius 3 is 2.57 bits per heavy atom. The summed E-state index contributed by atoms with van der Waals surface area (Å²) < 4.78 is 54.0. The molecule has 1 aliphatic heterocycles. The Balaban J connectivity index is 1.76. The highest BCUT2D eigenvalue weighted by molar-refractivity contribution is 6.07. The van der Waals surface area contributed by atoms with Gasteiger partial charge in [-0.1, -0.05) is 18.2 Å². The summed E-state index contributed by atoms with van der Waals surface area (Å²) in [5.74, 6) is -0.786. The number of nitrogens with one attached hydrogen (secondary N) is 1. The van der Waals surface area contributed by atoms with Gasteiger partial charge in [-0.15, -0.1) is 0 Å². The predicted molar refractivity (Wildman–Crippen MR) is 106 cm³/mol. The first kappa shape index (κ1) is 20.1. The molecule has 1 aliphatic rings. The van der Waals surface area contributed by atoms with Crippen molar-refractivity contribution >= 4 is 22.5 Å². The van der Waals surface area contributed by atoms with Crippen LogP contribution in [0.1, 0.15) is 34.3 Å². The lowest BCUT2D eigenvalue weighted by Crippen LogP contribution is -2.28. The number of aromatic nitrogens is 1. The SMILES string of the molecule is O=C(c1cnc2ccc(F)cc2c1NCc1ccccc1C(F)(F)F)N1CCCC1. The van der Waals surface area contributed by atoms with E-state index >= 15 is 0 Å². The monoisotopic (exact) mass is 417 g/mol. The van der Waals surface area contributed by atoms with Crippen LogP contribution in [0.5, 0.6) is 0 Å².